The Bertz CT molecular complexity index is 317. The third-order valence-corrected chi connectivity index (χ3v) is 2.81. The number of pyridine rings is 1. The first-order valence-electron chi connectivity index (χ1n) is 3.56. The Balaban J connectivity index is 3.30. The first kappa shape index (κ1) is 10.9. The Kier molecular flexibility index (Phi) is 3.62. The molecule has 1 nitrogen and oxygen atoms in total. The van der Waals surface area contributed by atoms with Gasteiger partial charge in [0.1, 0.15) is 0 Å². The molecule has 0 aliphatic carbocycles. The summed E-state index contributed by atoms with van der Waals surface area (Å²) < 4.78 is 25.3. The third-order valence-electron chi connectivity index (χ3n) is 1.67. The molecule has 1 aromatic rings. The highest BCUT2D eigenvalue weighted by Crippen LogP contribution is 2.32. The van der Waals surface area contributed by atoms with Crippen molar-refractivity contribution in [1.29, 1.82) is 0 Å². The molecule has 0 aliphatic heterocycles. The van der Waals surface area contributed by atoms with Crippen LogP contribution in [-0.4, -0.2) is 4.98 Å². The number of hydrogen-bond donors (Lipinski definition) is 0. The van der Waals surface area contributed by atoms with Crippen LogP contribution in [0.25, 0.3) is 0 Å². The Labute approximate surface area is 88.2 Å². The van der Waals surface area contributed by atoms with Crippen molar-refractivity contribution in [2.24, 2.45) is 0 Å². The van der Waals surface area contributed by atoms with Crippen LogP contribution in [0.3, 0.4) is 0 Å². The summed E-state index contributed by atoms with van der Waals surface area (Å²) in [5.41, 5.74) is 0.893. The van der Waals surface area contributed by atoms with E-state index in [-0.39, 0.29) is 11.4 Å². The fourth-order valence-electron chi connectivity index (χ4n) is 0.991. The molecule has 5 heteroatoms. The summed E-state index contributed by atoms with van der Waals surface area (Å²) in [5.74, 6) is 0.126. The molecule has 1 rings (SSSR count). The lowest BCUT2D eigenvalue weighted by Gasteiger charge is -2.09. The summed E-state index contributed by atoms with van der Waals surface area (Å²) in [5, 5.41) is 0. The lowest BCUT2D eigenvalue weighted by molar-refractivity contribution is 0.149. The van der Waals surface area contributed by atoms with Crippen LogP contribution in [0.1, 0.15) is 23.2 Å². The first-order chi connectivity index (χ1) is 6.07. The fourth-order valence-corrected chi connectivity index (χ4v) is 2.08. The normalized spacial score (nSPS) is 10.9. The molecule has 0 spiro atoms. The van der Waals surface area contributed by atoms with Crippen molar-refractivity contribution < 1.29 is 8.78 Å². The molecular weight excluding hydrogens is 263 g/mol. The Morgan fingerprint density at radius 3 is 2.69 bits per heavy atom. The average Bonchev–Trinajstić information content (AvgIpc) is 2.04. The highest BCUT2D eigenvalue weighted by molar-refractivity contribution is 9.10. The summed E-state index contributed by atoms with van der Waals surface area (Å²) >= 11 is 8.59. The SMILES string of the molecule is Cc1cnc(CCl)c(Br)c1C(F)F. The number of nitrogens with zero attached hydrogens (tertiary/aromatic N) is 1. The summed E-state index contributed by atoms with van der Waals surface area (Å²) in [6.07, 6.45) is -1.09. The lowest BCUT2D eigenvalue weighted by Crippen LogP contribution is -1.98. The Morgan fingerprint density at radius 1 is 1.62 bits per heavy atom. The van der Waals surface area contributed by atoms with Crippen LogP contribution in [0.4, 0.5) is 8.78 Å². The molecule has 0 saturated carbocycles. The van der Waals surface area contributed by atoms with Gasteiger partial charge in [0, 0.05) is 16.2 Å². The second-order valence-corrected chi connectivity index (χ2v) is 3.61. The molecule has 0 radical (unpaired) electrons. The molecule has 0 aromatic carbocycles. The van der Waals surface area contributed by atoms with Gasteiger partial charge in [-0.05, 0) is 28.4 Å². The topological polar surface area (TPSA) is 12.9 Å². The van der Waals surface area contributed by atoms with Gasteiger partial charge in [0.25, 0.3) is 6.43 Å². The maximum absolute atomic E-state index is 12.5. The van der Waals surface area contributed by atoms with Gasteiger partial charge in [0.2, 0.25) is 0 Å². The number of halogens is 4. The largest absolute Gasteiger partial charge is 0.265 e. The van der Waals surface area contributed by atoms with E-state index in [1.807, 2.05) is 0 Å². The Hall–Kier alpha value is -0.220. The maximum atomic E-state index is 12.5. The van der Waals surface area contributed by atoms with Gasteiger partial charge >= 0.3 is 0 Å². The van der Waals surface area contributed by atoms with Crippen molar-refractivity contribution in [3.05, 3.63) is 27.5 Å². The zero-order valence-electron chi connectivity index (χ0n) is 6.82. The standard InChI is InChI=1S/C8H7BrClF2N/c1-4-3-13-5(2-10)7(9)6(4)8(11)12/h3,8H,2H2,1H3. The van der Waals surface area contributed by atoms with Crippen LogP contribution in [0.2, 0.25) is 0 Å². The molecule has 0 amide bonds. The van der Waals surface area contributed by atoms with E-state index in [9.17, 15) is 8.78 Å². The number of hydrogen-bond acceptors (Lipinski definition) is 1. The number of alkyl halides is 3. The average molecular weight is 271 g/mol. The second-order valence-electron chi connectivity index (χ2n) is 2.55. The summed E-state index contributed by atoms with van der Waals surface area (Å²) in [7, 11) is 0. The van der Waals surface area contributed by atoms with Crippen LogP contribution in [-0.2, 0) is 5.88 Å². The van der Waals surface area contributed by atoms with E-state index in [1.54, 1.807) is 6.92 Å². The lowest BCUT2D eigenvalue weighted by atomic mass is 10.1. The van der Waals surface area contributed by atoms with Gasteiger partial charge in [-0.3, -0.25) is 4.98 Å². The van der Waals surface area contributed by atoms with E-state index in [2.05, 4.69) is 20.9 Å². The minimum atomic E-state index is -2.50. The van der Waals surface area contributed by atoms with E-state index in [0.29, 0.717) is 15.7 Å². The molecule has 0 aliphatic rings. The van der Waals surface area contributed by atoms with Crippen LogP contribution < -0.4 is 0 Å². The molecule has 13 heavy (non-hydrogen) atoms. The van der Waals surface area contributed by atoms with Crippen LogP contribution in [0, 0.1) is 6.92 Å². The highest BCUT2D eigenvalue weighted by Gasteiger charge is 2.17. The fraction of sp³-hybridized carbons (Fsp3) is 0.375. The predicted molar refractivity (Wildman–Crippen MR) is 51.2 cm³/mol. The Morgan fingerprint density at radius 2 is 2.23 bits per heavy atom. The molecule has 0 fully saturated rings. The van der Waals surface area contributed by atoms with Crippen LogP contribution in [0.5, 0.6) is 0 Å². The number of aryl methyl sites for hydroxylation is 1. The molecule has 1 heterocycles. The zero-order valence-corrected chi connectivity index (χ0v) is 9.16. The maximum Gasteiger partial charge on any atom is 0.265 e. The van der Waals surface area contributed by atoms with Gasteiger partial charge < -0.3 is 0 Å². The van der Waals surface area contributed by atoms with Gasteiger partial charge in [-0.25, -0.2) is 8.78 Å². The van der Waals surface area contributed by atoms with E-state index in [0.717, 1.165) is 0 Å². The van der Waals surface area contributed by atoms with Crippen LogP contribution in [0.15, 0.2) is 10.7 Å². The van der Waals surface area contributed by atoms with Gasteiger partial charge in [-0.2, -0.15) is 0 Å². The van der Waals surface area contributed by atoms with Crippen molar-refractivity contribution >= 4 is 27.5 Å². The van der Waals surface area contributed by atoms with Crippen molar-refractivity contribution in [1.82, 2.24) is 4.98 Å². The molecule has 0 atom stereocenters. The van der Waals surface area contributed by atoms with E-state index in [4.69, 9.17) is 11.6 Å². The zero-order chi connectivity index (χ0) is 10.0. The molecule has 72 valence electrons. The highest BCUT2D eigenvalue weighted by atomic mass is 79.9. The van der Waals surface area contributed by atoms with Crippen molar-refractivity contribution in [2.45, 2.75) is 19.2 Å². The molecule has 0 N–H and O–H groups in total. The summed E-state index contributed by atoms with van der Waals surface area (Å²) in [6.45, 7) is 1.59. The minimum Gasteiger partial charge on any atom is -0.259 e. The minimum absolute atomic E-state index is 0.0225. The molecular formula is C8H7BrClF2N. The smallest absolute Gasteiger partial charge is 0.259 e. The van der Waals surface area contributed by atoms with E-state index >= 15 is 0 Å². The molecule has 0 bridgehead atoms. The quantitative estimate of drug-likeness (QED) is 0.744. The molecule has 0 unspecified atom stereocenters. The van der Waals surface area contributed by atoms with Crippen LogP contribution >= 0.6 is 27.5 Å². The van der Waals surface area contributed by atoms with Crippen molar-refractivity contribution in [3.63, 3.8) is 0 Å². The second kappa shape index (κ2) is 4.33. The predicted octanol–water partition coefficient (Wildman–Crippen LogP) is 3.83. The number of rotatable bonds is 2. The molecule has 1 aromatic heterocycles. The van der Waals surface area contributed by atoms with Gasteiger partial charge in [0.15, 0.2) is 0 Å². The first-order valence-corrected chi connectivity index (χ1v) is 4.88. The van der Waals surface area contributed by atoms with E-state index < -0.39 is 6.43 Å². The monoisotopic (exact) mass is 269 g/mol. The molecule has 0 saturated heterocycles. The third kappa shape index (κ3) is 2.17. The number of aromatic nitrogens is 1. The summed E-state index contributed by atoms with van der Waals surface area (Å²) in [4.78, 5) is 3.93. The van der Waals surface area contributed by atoms with Crippen molar-refractivity contribution in [3.8, 4) is 0 Å². The van der Waals surface area contributed by atoms with E-state index in [1.165, 1.54) is 6.20 Å². The van der Waals surface area contributed by atoms with Gasteiger partial charge in [0.05, 0.1) is 11.6 Å². The summed E-state index contributed by atoms with van der Waals surface area (Å²) in [6, 6.07) is 0. The van der Waals surface area contributed by atoms with Crippen molar-refractivity contribution in [2.75, 3.05) is 0 Å². The van der Waals surface area contributed by atoms with Gasteiger partial charge in [-0.1, -0.05) is 0 Å². The van der Waals surface area contributed by atoms with Gasteiger partial charge in [-0.15, -0.1) is 11.6 Å².